The Labute approximate surface area is 86.4 Å². The molecule has 1 heterocycles. The minimum atomic E-state index is -0.167. The van der Waals surface area contributed by atoms with E-state index in [4.69, 9.17) is 10.8 Å². The Balaban J connectivity index is 2.55. The van der Waals surface area contributed by atoms with Gasteiger partial charge in [-0.1, -0.05) is 12.1 Å². The van der Waals surface area contributed by atoms with Gasteiger partial charge in [-0.25, -0.2) is 4.68 Å². The molecule has 4 N–H and O–H groups in total. The van der Waals surface area contributed by atoms with Crippen molar-refractivity contribution in [2.75, 3.05) is 5.73 Å². The number of aromatic hydroxyl groups is 1. The van der Waals surface area contributed by atoms with Gasteiger partial charge in [-0.05, 0) is 12.1 Å². The molecule has 0 amide bonds. The fourth-order valence-electron chi connectivity index (χ4n) is 1.35. The number of nitrogen functional groups attached to an aromatic ring is 1. The summed E-state index contributed by atoms with van der Waals surface area (Å²) in [5.41, 5.74) is 6.78. The van der Waals surface area contributed by atoms with E-state index in [9.17, 15) is 5.11 Å². The van der Waals surface area contributed by atoms with Crippen molar-refractivity contribution in [2.24, 2.45) is 0 Å². The first-order chi connectivity index (χ1) is 7.24. The molecule has 0 unspecified atom stereocenters. The van der Waals surface area contributed by atoms with Gasteiger partial charge < -0.3 is 15.9 Å². The molecule has 0 radical (unpaired) electrons. The summed E-state index contributed by atoms with van der Waals surface area (Å²) in [6, 6.07) is 6.73. The molecular weight excluding hydrogens is 194 g/mol. The number of aliphatic hydroxyl groups excluding tert-OH is 1. The number of hydrogen-bond donors (Lipinski definition) is 3. The van der Waals surface area contributed by atoms with E-state index in [2.05, 4.69) is 5.10 Å². The van der Waals surface area contributed by atoms with Gasteiger partial charge in [-0.3, -0.25) is 0 Å². The van der Waals surface area contributed by atoms with Gasteiger partial charge in [-0.2, -0.15) is 5.10 Å². The van der Waals surface area contributed by atoms with Crippen molar-refractivity contribution < 1.29 is 10.2 Å². The number of benzene rings is 1. The second-order valence-corrected chi connectivity index (χ2v) is 3.11. The number of nitrogens with zero attached hydrogens (tertiary/aromatic N) is 2. The first kappa shape index (κ1) is 9.54. The number of nitrogens with two attached hydrogens (primary N) is 1. The van der Waals surface area contributed by atoms with Crippen LogP contribution in [0.5, 0.6) is 5.75 Å². The van der Waals surface area contributed by atoms with Crippen LogP contribution in [0.4, 0.5) is 5.82 Å². The molecule has 15 heavy (non-hydrogen) atoms. The van der Waals surface area contributed by atoms with Gasteiger partial charge in [0.05, 0.1) is 12.8 Å². The molecule has 5 nitrogen and oxygen atoms in total. The number of rotatable bonds is 2. The highest BCUT2D eigenvalue weighted by Crippen LogP contribution is 2.24. The van der Waals surface area contributed by atoms with Crippen LogP contribution in [0.3, 0.4) is 0 Å². The highest BCUT2D eigenvalue weighted by Gasteiger charge is 2.10. The van der Waals surface area contributed by atoms with E-state index in [0.717, 1.165) is 0 Å². The summed E-state index contributed by atoms with van der Waals surface area (Å²) in [7, 11) is 0. The topological polar surface area (TPSA) is 84.3 Å². The van der Waals surface area contributed by atoms with Crippen LogP contribution in [0.1, 0.15) is 5.56 Å². The number of para-hydroxylation sites is 2. The lowest BCUT2D eigenvalue weighted by Crippen LogP contribution is -2.03. The summed E-state index contributed by atoms with van der Waals surface area (Å²) in [5.74, 6) is 0.427. The van der Waals surface area contributed by atoms with Gasteiger partial charge in [0.2, 0.25) is 0 Å². The summed E-state index contributed by atoms with van der Waals surface area (Å²) in [6.45, 7) is -0.167. The van der Waals surface area contributed by atoms with E-state index in [1.165, 1.54) is 10.9 Å². The van der Waals surface area contributed by atoms with Crippen molar-refractivity contribution in [3.05, 3.63) is 36.0 Å². The lowest BCUT2D eigenvalue weighted by molar-refractivity contribution is 0.282. The van der Waals surface area contributed by atoms with Gasteiger partial charge in [0.15, 0.2) is 0 Å². The first-order valence-corrected chi connectivity index (χ1v) is 4.45. The van der Waals surface area contributed by atoms with Crippen molar-refractivity contribution in [1.29, 1.82) is 0 Å². The average Bonchev–Trinajstić information content (AvgIpc) is 2.60. The Morgan fingerprint density at radius 1 is 1.33 bits per heavy atom. The van der Waals surface area contributed by atoms with E-state index < -0.39 is 0 Å². The quantitative estimate of drug-likeness (QED) is 0.672. The maximum absolute atomic E-state index is 9.59. The zero-order chi connectivity index (χ0) is 10.8. The predicted octanol–water partition coefficient (Wildman–Crippen LogP) is 0.652. The monoisotopic (exact) mass is 205 g/mol. The van der Waals surface area contributed by atoms with Crippen LogP contribution in [-0.4, -0.2) is 20.0 Å². The average molecular weight is 205 g/mol. The van der Waals surface area contributed by atoms with E-state index in [1.54, 1.807) is 24.3 Å². The Hall–Kier alpha value is -2.01. The Morgan fingerprint density at radius 3 is 2.67 bits per heavy atom. The highest BCUT2D eigenvalue weighted by molar-refractivity contribution is 5.52. The Kier molecular flexibility index (Phi) is 2.31. The van der Waals surface area contributed by atoms with Gasteiger partial charge in [0, 0.05) is 5.56 Å². The third-order valence-corrected chi connectivity index (χ3v) is 2.17. The number of aromatic nitrogens is 2. The molecule has 0 spiro atoms. The minimum Gasteiger partial charge on any atom is -0.506 e. The Morgan fingerprint density at radius 2 is 2.07 bits per heavy atom. The standard InChI is InChI=1S/C10H11N3O2/c11-10-7(6-14)5-12-13(10)8-3-1-2-4-9(8)15/h1-5,14-15H,6,11H2. The number of phenolic OH excluding ortho intramolecular Hbond substituents is 1. The molecular formula is C10H11N3O2. The summed E-state index contributed by atoms with van der Waals surface area (Å²) in [5, 5.41) is 22.5. The SMILES string of the molecule is Nc1c(CO)cnn1-c1ccccc1O. The fraction of sp³-hybridized carbons (Fsp3) is 0.100. The van der Waals surface area contributed by atoms with Crippen molar-refractivity contribution in [3.8, 4) is 11.4 Å². The van der Waals surface area contributed by atoms with Crippen LogP contribution in [0, 0.1) is 0 Å². The lowest BCUT2D eigenvalue weighted by atomic mass is 10.3. The molecule has 2 aromatic rings. The molecule has 1 aromatic heterocycles. The summed E-state index contributed by atoms with van der Waals surface area (Å²) >= 11 is 0. The molecule has 0 saturated heterocycles. The maximum Gasteiger partial charge on any atom is 0.141 e. The molecule has 0 aliphatic heterocycles. The highest BCUT2D eigenvalue weighted by atomic mass is 16.3. The van der Waals surface area contributed by atoms with Crippen LogP contribution < -0.4 is 5.73 Å². The Bertz CT molecular complexity index is 479. The van der Waals surface area contributed by atoms with E-state index in [0.29, 0.717) is 17.1 Å². The second-order valence-electron chi connectivity index (χ2n) is 3.11. The lowest BCUT2D eigenvalue weighted by Gasteiger charge is -2.06. The summed E-state index contributed by atoms with van der Waals surface area (Å²) in [6.07, 6.45) is 1.47. The molecule has 0 aliphatic carbocycles. The second kappa shape index (κ2) is 3.62. The third kappa shape index (κ3) is 1.53. The smallest absolute Gasteiger partial charge is 0.141 e. The number of aliphatic hydroxyl groups is 1. The normalized spacial score (nSPS) is 10.5. The summed E-state index contributed by atoms with van der Waals surface area (Å²) in [4.78, 5) is 0. The van der Waals surface area contributed by atoms with Crippen LogP contribution in [0.25, 0.3) is 5.69 Å². The van der Waals surface area contributed by atoms with Crippen molar-refractivity contribution in [1.82, 2.24) is 9.78 Å². The van der Waals surface area contributed by atoms with Gasteiger partial charge in [-0.15, -0.1) is 0 Å². The summed E-state index contributed by atoms with van der Waals surface area (Å²) < 4.78 is 1.39. The largest absolute Gasteiger partial charge is 0.506 e. The molecule has 0 fully saturated rings. The maximum atomic E-state index is 9.59. The predicted molar refractivity (Wildman–Crippen MR) is 55.6 cm³/mol. The van der Waals surface area contributed by atoms with Crippen LogP contribution in [0.15, 0.2) is 30.5 Å². The van der Waals surface area contributed by atoms with Crippen molar-refractivity contribution >= 4 is 5.82 Å². The van der Waals surface area contributed by atoms with E-state index in [-0.39, 0.29) is 12.4 Å². The zero-order valence-corrected chi connectivity index (χ0v) is 7.96. The van der Waals surface area contributed by atoms with Crippen molar-refractivity contribution in [3.63, 3.8) is 0 Å². The van der Waals surface area contributed by atoms with Gasteiger partial charge >= 0.3 is 0 Å². The fourth-order valence-corrected chi connectivity index (χ4v) is 1.35. The minimum absolute atomic E-state index is 0.0942. The molecule has 5 heteroatoms. The number of hydrogen-bond acceptors (Lipinski definition) is 4. The molecule has 0 bridgehead atoms. The van der Waals surface area contributed by atoms with E-state index >= 15 is 0 Å². The molecule has 0 saturated carbocycles. The molecule has 78 valence electrons. The molecule has 0 atom stereocenters. The molecule has 2 rings (SSSR count). The van der Waals surface area contributed by atoms with Crippen LogP contribution in [-0.2, 0) is 6.61 Å². The number of anilines is 1. The van der Waals surface area contributed by atoms with Gasteiger partial charge in [0.25, 0.3) is 0 Å². The molecule has 1 aromatic carbocycles. The van der Waals surface area contributed by atoms with Crippen LogP contribution in [0.2, 0.25) is 0 Å². The zero-order valence-electron chi connectivity index (χ0n) is 7.96. The van der Waals surface area contributed by atoms with Gasteiger partial charge in [0.1, 0.15) is 17.3 Å². The third-order valence-electron chi connectivity index (χ3n) is 2.17. The number of phenols is 1. The van der Waals surface area contributed by atoms with E-state index in [1.807, 2.05) is 0 Å². The van der Waals surface area contributed by atoms with Crippen LogP contribution >= 0.6 is 0 Å². The molecule has 0 aliphatic rings. The first-order valence-electron chi connectivity index (χ1n) is 4.45. The van der Waals surface area contributed by atoms with Crippen molar-refractivity contribution in [2.45, 2.75) is 6.61 Å².